The number of H-pyrrole nitrogens is 1. The number of carbonyl (C=O) groups excluding carboxylic acids is 1. The quantitative estimate of drug-likeness (QED) is 0.707. The lowest BCUT2D eigenvalue weighted by atomic mass is 10.3. The van der Waals surface area contributed by atoms with E-state index in [2.05, 4.69) is 20.7 Å². The van der Waals surface area contributed by atoms with Gasteiger partial charge in [0, 0.05) is 13.2 Å². The summed E-state index contributed by atoms with van der Waals surface area (Å²) in [5.74, 6) is 0.355. The molecule has 0 bridgehead atoms. The first-order valence-corrected chi connectivity index (χ1v) is 4.75. The van der Waals surface area contributed by atoms with Gasteiger partial charge < -0.3 is 20.3 Å². The molecule has 2 heterocycles. The molecule has 0 aromatic carbocycles. The highest BCUT2D eigenvalue weighted by atomic mass is 16.5. The molecule has 0 unspecified atom stereocenters. The molecule has 4 N–H and O–H groups in total. The Kier molecular flexibility index (Phi) is 3.06. The van der Waals surface area contributed by atoms with Gasteiger partial charge in [-0.1, -0.05) is 5.16 Å². The summed E-state index contributed by atoms with van der Waals surface area (Å²) in [5, 5.41) is 12.3. The molecule has 0 aliphatic heterocycles. The second-order valence-corrected chi connectivity index (χ2v) is 3.27. The number of aromatic amines is 1. The number of nitrogens with zero attached hydrogens (tertiary/aromatic N) is 2. The standard InChI is InChI=1S/C9H11N5O3/c1-16-4-5-2-7(14-17-5)9(15)12-8-6(10)3-11-13-8/h2-3H,4,10H2,1H3,(H2,11,12,13,15). The number of nitrogens with two attached hydrogens (primary N) is 1. The van der Waals surface area contributed by atoms with Crippen LogP contribution in [0.15, 0.2) is 16.8 Å². The number of hydrogen-bond acceptors (Lipinski definition) is 6. The summed E-state index contributed by atoms with van der Waals surface area (Å²) in [7, 11) is 1.52. The van der Waals surface area contributed by atoms with Gasteiger partial charge in [0.2, 0.25) is 0 Å². The third-order valence-corrected chi connectivity index (χ3v) is 1.99. The largest absolute Gasteiger partial charge is 0.394 e. The summed E-state index contributed by atoms with van der Waals surface area (Å²) in [4.78, 5) is 11.7. The van der Waals surface area contributed by atoms with E-state index in [1.54, 1.807) is 0 Å². The number of ether oxygens (including phenoxy) is 1. The van der Waals surface area contributed by atoms with Crippen LogP contribution >= 0.6 is 0 Å². The molecule has 0 radical (unpaired) electrons. The second kappa shape index (κ2) is 4.66. The van der Waals surface area contributed by atoms with Crippen LogP contribution in [-0.4, -0.2) is 28.4 Å². The normalized spacial score (nSPS) is 10.4. The summed E-state index contributed by atoms with van der Waals surface area (Å²) in [6, 6.07) is 1.49. The van der Waals surface area contributed by atoms with Crippen LogP contribution in [0.1, 0.15) is 16.2 Å². The summed E-state index contributed by atoms with van der Waals surface area (Å²) in [6.45, 7) is 0.256. The Bertz CT molecular complexity index is 518. The van der Waals surface area contributed by atoms with Gasteiger partial charge in [-0.15, -0.1) is 0 Å². The predicted octanol–water partition coefficient (Wildman–Crippen LogP) is 0.379. The molecule has 0 saturated carbocycles. The number of methoxy groups -OCH3 is 1. The summed E-state index contributed by atoms with van der Waals surface area (Å²) in [6.07, 6.45) is 1.40. The minimum Gasteiger partial charge on any atom is -0.394 e. The number of amides is 1. The van der Waals surface area contributed by atoms with Crippen LogP contribution in [0, 0.1) is 0 Å². The van der Waals surface area contributed by atoms with Crippen LogP contribution in [-0.2, 0) is 11.3 Å². The lowest BCUT2D eigenvalue weighted by molar-refractivity contribution is 0.101. The zero-order chi connectivity index (χ0) is 12.3. The number of anilines is 2. The molecule has 2 rings (SSSR count). The zero-order valence-electron chi connectivity index (χ0n) is 9.06. The van der Waals surface area contributed by atoms with Crippen molar-refractivity contribution in [3.8, 4) is 0 Å². The monoisotopic (exact) mass is 237 g/mol. The lowest BCUT2D eigenvalue weighted by Gasteiger charge is -1.99. The molecule has 8 heteroatoms. The Morgan fingerprint density at radius 1 is 1.71 bits per heavy atom. The van der Waals surface area contributed by atoms with E-state index in [4.69, 9.17) is 15.0 Å². The molecule has 0 saturated heterocycles. The highest BCUT2D eigenvalue weighted by Crippen LogP contribution is 2.14. The fourth-order valence-corrected chi connectivity index (χ4v) is 1.20. The highest BCUT2D eigenvalue weighted by Gasteiger charge is 2.14. The van der Waals surface area contributed by atoms with Gasteiger partial charge in [0.25, 0.3) is 5.91 Å². The van der Waals surface area contributed by atoms with Gasteiger partial charge in [-0.2, -0.15) is 5.10 Å². The third kappa shape index (κ3) is 2.42. The molecular formula is C9H11N5O3. The molecule has 8 nitrogen and oxygen atoms in total. The molecule has 90 valence electrons. The van der Waals surface area contributed by atoms with Crippen molar-refractivity contribution in [1.82, 2.24) is 15.4 Å². The fraction of sp³-hybridized carbons (Fsp3) is 0.222. The van der Waals surface area contributed by atoms with Crippen LogP contribution in [0.4, 0.5) is 11.5 Å². The molecule has 0 aliphatic carbocycles. The minimum atomic E-state index is -0.438. The van der Waals surface area contributed by atoms with E-state index in [9.17, 15) is 4.79 Å². The second-order valence-electron chi connectivity index (χ2n) is 3.27. The van der Waals surface area contributed by atoms with E-state index in [0.29, 0.717) is 17.3 Å². The average Bonchev–Trinajstić information content (AvgIpc) is 2.90. The first-order valence-electron chi connectivity index (χ1n) is 4.75. The summed E-state index contributed by atoms with van der Waals surface area (Å²) < 4.78 is 9.73. The van der Waals surface area contributed by atoms with Crippen molar-refractivity contribution in [3.63, 3.8) is 0 Å². The highest BCUT2D eigenvalue weighted by molar-refractivity contribution is 6.03. The van der Waals surface area contributed by atoms with E-state index >= 15 is 0 Å². The lowest BCUT2D eigenvalue weighted by Crippen LogP contribution is -2.13. The SMILES string of the molecule is COCc1cc(C(=O)Nc2[nH]ncc2N)no1. The Labute approximate surface area is 96.1 Å². The van der Waals surface area contributed by atoms with Crippen LogP contribution in [0.5, 0.6) is 0 Å². The average molecular weight is 237 g/mol. The minimum absolute atomic E-state index is 0.144. The van der Waals surface area contributed by atoms with Crippen LogP contribution in [0.3, 0.4) is 0 Å². The molecule has 0 aliphatic rings. The number of carbonyl (C=O) groups is 1. The van der Waals surface area contributed by atoms with Gasteiger partial charge in [-0.25, -0.2) is 0 Å². The Hall–Kier alpha value is -2.35. The van der Waals surface area contributed by atoms with Crippen molar-refractivity contribution >= 4 is 17.4 Å². The number of rotatable bonds is 4. The van der Waals surface area contributed by atoms with E-state index in [1.807, 2.05) is 0 Å². The number of hydrogen-bond donors (Lipinski definition) is 3. The van der Waals surface area contributed by atoms with Gasteiger partial charge in [0.1, 0.15) is 6.61 Å². The smallest absolute Gasteiger partial charge is 0.279 e. The predicted molar refractivity (Wildman–Crippen MR) is 58.2 cm³/mol. The number of nitrogens with one attached hydrogen (secondary N) is 2. The number of nitrogen functional groups attached to an aromatic ring is 1. The van der Waals surface area contributed by atoms with Gasteiger partial charge in [0.15, 0.2) is 17.3 Å². The van der Waals surface area contributed by atoms with Crippen LogP contribution in [0.2, 0.25) is 0 Å². The maximum Gasteiger partial charge on any atom is 0.279 e. The van der Waals surface area contributed by atoms with E-state index in [1.165, 1.54) is 19.4 Å². The molecule has 2 aromatic heterocycles. The number of aromatic nitrogens is 3. The van der Waals surface area contributed by atoms with Crippen molar-refractivity contribution in [2.24, 2.45) is 0 Å². The van der Waals surface area contributed by atoms with Gasteiger partial charge >= 0.3 is 0 Å². The Morgan fingerprint density at radius 3 is 3.18 bits per heavy atom. The van der Waals surface area contributed by atoms with Crippen LogP contribution in [0.25, 0.3) is 0 Å². The molecule has 2 aromatic rings. The first-order chi connectivity index (χ1) is 8.20. The van der Waals surface area contributed by atoms with Gasteiger partial charge in [0.05, 0.1) is 11.9 Å². The summed E-state index contributed by atoms with van der Waals surface area (Å²) in [5.41, 5.74) is 6.04. The molecule has 0 fully saturated rings. The van der Waals surface area contributed by atoms with Gasteiger partial charge in [-0.05, 0) is 0 Å². The summed E-state index contributed by atoms with van der Waals surface area (Å²) >= 11 is 0. The van der Waals surface area contributed by atoms with Crippen molar-refractivity contribution in [1.29, 1.82) is 0 Å². The van der Waals surface area contributed by atoms with Crippen molar-refractivity contribution in [2.45, 2.75) is 6.61 Å². The Morgan fingerprint density at radius 2 is 2.53 bits per heavy atom. The van der Waals surface area contributed by atoms with Crippen LogP contribution < -0.4 is 11.1 Å². The molecule has 17 heavy (non-hydrogen) atoms. The zero-order valence-corrected chi connectivity index (χ0v) is 9.06. The Balaban J connectivity index is 2.07. The van der Waals surface area contributed by atoms with E-state index in [0.717, 1.165) is 0 Å². The molecule has 0 atom stereocenters. The maximum absolute atomic E-state index is 11.7. The van der Waals surface area contributed by atoms with E-state index < -0.39 is 5.91 Å². The maximum atomic E-state index is 11.7. The third-order valence-electron chi connectivity index (χ3n) is 1.99. The topological polar surface area (TPSA) is 119 Å². The van der Waals surface area contributed by atoms with E-state index in [-0.39, 0.29) is 12.3 Å². The first kappa shape index (κ1) is 11.1. The molecular weight excluding hydrogens is 226 g/mol. The van der Waals surface area contributed by atoms with Crippen molar-refractivity contribution in [3.05, 3.63) is 23.7 Å². The molecule has 0 spiro atoms. The van der Waals surface area contributed by atoms with Crippen molar-refractivity contribution in [2.75, 3.05) is 18.2 Å². The fourth-order valence-electron chi connectivity index (χ4n) is 1.20. The molecule has 1 amide bonds. The van der Waals surface area contributed by atoms with Crippen molar-refractivity contribution < 1.29 is 14.1 Å². The van der Waals surface area contributed by atoms with Gasteiger partial charge in [-0.3, -0.25) is 9.89 Å².